The summed E-state index contributed by atoms with van der Waals surface area (Å²) in [6.07, 6.45) is 5.67. The highest BCUT2D eigenvalue weighted by Crippen LogP contribution is 2.28. The molecule has 3 aromatic heterocycles. The number of aromatic amines is 1. The zero-order chi connectivity index (χ0) is 12.5. The summed E-state index contributed by atoms with van der Waals surface area (Å²) < 4.78 is 0. The topological polar surface area (TPSA) is 41.6 Å². The van der Waals surface area contributed by atoms with Gasteiger partial charge in [0.1, 0.15) is 0 Å². The van der Waals surface area contributed by atoms with Crippen molar-refractivity contribution in [3.8, 4) is 11.1 Å². The molecule has 3 nitrogen and oxygen atoms in total. The maximum absolute atomic E-state index is 4.48. The van der Waals surface area contributed by atoms with Gasteiger partial charge in [0.25, 0.3) is 0 Å². The Bertz CT molecular complexity index is 683. The molecular formula is C15H15N3. The van der Waals surface area contributed by atoms with E-state index in [0.29, 0.717) is 5.92 Å². The van der Waals surface area contributed by atoms with Crippen LogP contribution in [-0.4, -0.2) is 15.0 Å². The zero-order valence-electron chi connectivity index (χ0n) is 10.5. The number of hydrogen-bond donors (Lipinski definition) is 1. The lowest BCUT2D eigenvalue weighted by Crippen LogP contribution is -1.96. The molecule has 90 valence electrons. The lowest BCUT2D eigenvalue weighted by atomic mass is 9.99. The molecule has 0 bridgehead atoms. The molecule has 3 aromatic rings. The number of pyridine rings is 2. The van der Waals surface area contributed by atoms with Crippen molar-refractivity contribution in [3.63, 3.8) is 0 Å². The van der Waals surface area contributed by atoms with E-state index in [9.17, 15) is 0 Å². The predicted octanol–water partition coefficient (Wildman–Crippen LogP) is 3.75. The van der Waals surface area contributed by atoms with Crippen molar-refractivity contribution in [2.24, 2.45) is 0 Å². The van der Waals surface area contributed by atoms with Crippen LogP contribution in [0.25, 0.3) is 22.2 Å². The van der Waals surface area contributed by atoms with Gasteiger partial charge in [-0.25, -0.2) is 0 Å². The Hall–Kier alpha value is -2.16. The number of hydrogen-bond acceptors (Lipinski definition) is 2. The van der Waals surface area contributed by atoms with Gasteiger partial charge in [0.05, 0.1) is 16.7 Å². The van der Waals surface area contributed by atoms with Gasteiger partial charge in [-0.15, -0.1) is 0 Å². The van der Waals surface area contributed by atoms with Gasteiger partial charge in [0.2, 0.25) is 0 Å². The predicted molar refractivity (Wildman–Crippen MR) is 73.4 cm³/mol. The summed E-state index contributed by atoms with van der Waals surface area (Å²) >= 11 is 0. The highest BCUT2D eigenvalue weighted by atomic mass is 14.8. The van der Waals surface area contributed by atoms with Crippen LogP contribution in [0.4, 0.5) is 0 Å². The van der Waals surface area contributed by atoms with Crippen LogP contribution in [0.2, 0.25) is 0 Å². The molecule has 0 spiro atoms. The van der Waals surface area contributed by atoms with Gasteiger partial charge in [0.15, 0.2) is 0 Å². The Balaban J connectivity index is 2.19. The van der Waals surface area contributed by atoms with Crippen LogP contribution in [0.5, 0.6) is 0 Å². The summed E-state index contributed by atoms with van der Waals surface area (Å²) in [7, 11) is 0. The van der Waals surface area contributed by atoms with Crippen molar-refractivity contribution in [3.05, 3.63) is 48.5 Å². The quantitative estimate of drug-likeness (QED) is 0.737. The highest BCUT2D eigenvalue weighted by Gasteiger charge is 2.10. The number of nitrogens with zero attached hydrogens (tertiary/aromatic N) is 2. The molecular weight excluding hydrogens is 222 g/mol. The van der Waals surface area contributed by atoms with Gasteiger partial charge in [-0.2, -0.15) is 0 Å². The third-order valence-electron chi connectivity index (χ3n) is 3.09. The smallest absolute Gasteiger partial charge is 0.0879 e. The van der Waals surface area contributed by atoms with Crippen molar-refractivity contribution >= 4 is 11.0 Å². The van der Waals surface area contributed by atoms with E-state index in [0.717, 1.165) is 27.9 Å². The average Bonchev–Trinajstić information content (AvgIpc) is 2.85. The van der Waals surface area contributed by atoms with Crippen LogP contribution in [0.1, 0.15) is 25.5 Å². The van der Waals surface area contributed by atoms with Gasteiger partial charge in [-0.1, -0.05) is 19.9 Å². The Labute approximate surface area is 106 Å². The molecule has 3 heteroatoms. The molecule has 18 heavy (non-hydrogen) atoms. The summed E-state index contributed by atoms with van der Waals surface area (Å²) in [5.41, 5.74) is 5.45. The van der Waals surface area contributed by atoms with Crippen LogP contribution in [0, 0.1) is 0 Å². The van der Waals surface area contributed by atoms with E-state index in [1.807, 2.05) is 30.7 Å². The minimum absolute atomic E-state index is 0.403. The van der Waals surface area contributed by atoms with Crippen LogP contribution in [0.3, 0.4) is 0 Å². The largest absolute Gasteiger partial charge is 0.360 e. The second-order valence-corrected chi connectivity index (χ2v) is 4.73. The van der Waals surface area contributed by atoms with E-state index in [2.05, 4.69) is 40.9 Å². The molecule has 0 aliphatic heterocycles. The Morgan fingerprint density at radius 3 is 2.89 bits per heavy atom. The molecule has 1 N–H and O–H groups in total. The van der Waals surface area contributed by atoms with Crippen LogP contribution >= 0.6 is 0 Å². The van der Waals surface area contributed by atoms with Crippen molar-refractivity contribution in [1.29, 1.82) is 0 Å². The number of nitrogens with one attached hydrogen (secondary N) is 1. The van der Waals surface area contributed by atoms with E-state index in [1.165, 1.54) is 0 Å². The van der Waals surface area contributed by atoms with Gasteiger partial charge in [-0.3, -0.25) is 9.97 Å². The molecule has 3 rings (SSSR count). The average molecular weight is 237 g/mol. The molecule has 0 aliphatic carbocycles. The number of aromatic nitrogens is 3. The monoisotopic (exact) mass is 237 g/mol. The standard InChI is InChI=1S/C15H15N3/c1-10(2)15-12(4-3-6-17-15)11-8-14-13(18-9-11)5-7-16-14/h3-10,16H,1-2H3. The lowest BCUT2D eigenvalue weighted by Gasteiger charge is -2.11. The maximum atomic E-state index is 4.48. The molecule has 0 saturated heterocycles. The number of H-pyrrole nitrogens is 1. The van der Waals surface area contributed by atoms with E-state index in [-0.39, 0.29) is 0 Å². The van der Waals surface area contributed by atoms with Crippen molar-refractivity contribution in [1.82, 2.24) is 15.0 Å². The van der Waals surface area contributed by atoms with E-state index in [4.69, 9.17) is 0 Å². The van der Waals surface area contributed by atoms with Crippen molar-refractivity contribution < 1.29 is 0 Å². The van der Waals surface area contributed by atoms with Crippen LogP contribution in [0.15, 0.2) is 42.9 Å². The minimum Gasteiger partial charge on any atom is -0.360 e. The van der Waals surface area contributed by atoms with E-state index >= 15 is 0 Å². The molecule has 0 aromatic carbocycles. The summed E-state index contributed by atoms with van der Waals surface area (Å²) in [5.74, 6) is 0.403. The Kier molecular flexibility index (Phi) is 2.59. The van der Waals surface area contributed by atoms with Crippen molar-refractivity contribution in [2.45, 2.75) is 19.8 Å². The highest BCUT2D eigenvalue weighted by molar-refractivity contribution is 5.81. The summed E-state index contributed by atoms with van der Waals surface area (Å²) in [4.78, 5) is 12.1. The zero-order valence-corrected chi connectivity index (χ0v) is 10.5. The fourth-order valence-corrected chi connectivity index (χ4v) is 2.20. The van der Waals surface area contributed by atoms with Crippen LogP contribution < -0.4 is 0 Å². The van der Waals surface area contributed by atoms with Crippen molar-refractivity contribution in [2.75, 3.05) is 0 Å². The first-order valence-electron chi connectivity index (χ1n) is 6.14. The van der Waals surface area contributed by atoms with Gasteiger partial charge < -0.3 is 4.98 Å². The normalized spacial score (nSPS) is 11.3. The molecule has 0 atom stereocenters. The van der Waals surface area contributed by atoms with Gasteiger partial charge in [0, 0.05) is 29.7 Å². The fraction of sp³-hybridized carbons (Fsp3) is 0.200. The van der Waals surface area contributed by atoms with E-state index in [1.54, 1.807) is 0 Å². The molecule has 0 radical (unpaired) electrons. The van der Waals surface area contributed by atoms with Gasteiger partial charge in [-0.05, 0) is 24.1 Å². The summed E-state index contributed by atoms with van der Waals surface area (Å²) in [6, 6.07) is 8.19. The molecule has 0 aliphatic rings. The first-order valence-corrected chi connectivity index (χ1v) is 6.14. The third-order valence-corrected chi connectivity index (χ3v) is 3.09. The summed E-state index contributed by atoms with van der Waals surface area (Å²) in [5, 5.41) is 0. The molecule has 0 saturated carbocycles. The minimum atomic E-state index is 0.403. The third kappa shape index (κ3) is 1.78. The van der Waals surface area contributed by atoms with E-state index < -0.39 is 0 Å². The van der Waals surface area contributed by atoms with Crippen LogP contribution in [-0.2, 0) is 0 Å². The first-order chi connectivity index (χ1) is 8.75. The maximum Gasteiger partial charge on any atom is 0.0879 e. The Morgan fingerprint density at radius 2 is 2.06 bits per heavy atom. The molecule has 3 heterocycles. The Morgan fingerprint density at radius 1 is 1.17 bits per heavy atom. The second-order valence-electron chi connectivity index (χ2n) is 4.73. The molecule has 0 unspecified atom stereocenters. The number of fused-ring (bicyclic) bond motifs is 1. The lowest BCUT2D eigenvalue weighted by molar-refractivity contribution is 0.825. The van der Waals surface area contributed by atoms with Gasteiger partial charge >= 0.3 is 0 Å². The SMILES string of the molecule is CC(C)c1ncccc1-c1cnc2cc[nH]c2c1. The molecule has 0 amide bonds. The first kappa shape index (κ1) is 11.0. The number of rotatable bonds is 2. The second kappa shape index (κ2) is 4.26. The summed E-state index contributed by atoms with van der Waals surface area (Å²) in [6.45, 7) is 4.32. The molecule has 0 fully saturated rings. The fourth-order valence-electron chi connectivity index (χ4n) is 2.20.